The Bertz CT molecular complexity index is 851. The number of ether oxygens (including phenoxy) is 2. The van der Waals surface area contributed by atoms with Crippen molar-refractivity contribution in [3.63, 3.8) is 0 Å². The van der Waals surface area contributed by atoms with Crippen molar-refractivity contribution in [2.45, 2.75) is 44.6 Å². The van der Waals surface area contributed by atoms with Crippen LogP contribution in [-0.4, -0.2) is 50.5 Å². The second kappa shape index (κ2) is 13.2. The number of aliphatic imine (C=N–C) groups is 1. The molecule has 1 saturated heterocycles. The molecule has 2 aromatic rings. The summed E-state index contributed by atoms with van der Waals surface area (Å²) in [6.07, 6.45) is 1.88. The molecule has 1 fully saturated rings. The molecule has 1 atom stereocenters. The van der Waals surface area contributed by atoms with E-state index in [9.17, 15) is 5.11 Å². The van der Waals surface area contributed by atoms with Gasteiger partial charge in [0, 0.05) is 31.7 Å². The van der Waals surface area contributed by atoms with Gasteiger partial charge in [0.15, 0.2) is 5.96 Å². The van der Waals surface area contributed by atoms with Crippen LogP contribution in [0.3, 0.4) is 0 Å². The van der Waals surface area contributed by atoms with E-state index in [2.05, 4.69) is 22.8 Å². The summed E-state index contributed by atoms with van der Waals surface area (Å²) in [5, 5.41) is 17.8. The van der Waals surface area contributed by atoms with Gasteiger partial charge in [-0.15, -0.1) is 24.0 Å². The van der Waals surface area contributed by atoms with Crippen molar-refractivity contribution in [2.75, 3.05) is 39.5 Å². The first-order valence-electron chi connectivity index (χ1n) is 11.6. The van der Waals surface area contributed by atoms with E-state index in [-0.39, 0.29) is 35.9 Å². The number of benzene rings is 2. The minimum atomic E-state index is -1.03. The lowest BCUT2D eigenvalue weighted by molar-refractivity contribution is 0.0513. The maximum atomic E-state index is 10.9. The van der Waals surface area contributed by atoms with Gasteiger partial charge < -0.3 is 25.2 Å². The summed E-state index contributed by atoms with van der Waals surface area (Å²) in [6, 6.07) is 18.1. The normalized spacial score (nSPS) is 17.4. The molecule has 33 heavy (non-hydrogen) atoms. The molecule has 1 aliphatic rings. The van der Waals surface area contributed by atoms with Gasteiger partial charge >= 0.3 is 0 Å². The van der Waals surface area contributed by atoms with Gasteiger partial charge in [-0.05, 0) is 56.9 Å². The first-order chi connectivity index (χ1) is 15.5. The molecule has 1 aliphatic heterocycles. The maximum Gasteiger partial charge on any atom is 0.191 e. The van der Waals surface area contributed by atoms with Crippen molar-refractivity contribution in [3.8, 4) is 5.75 Å². The number of hydrogen-bond acceptors (Lipinski definition) is 4. The van der Waals surface area contributed by atoms with Crippen molar-refractivity contribution in [1.82, 2.24) is 10.6 Å². The van der Waals surface area contributed by atoms with Crippen molar-refractivity contribution in [2.24, 2.45) is 4.99 Å². The van der Waals surface area contributed by atoms with E-state index in [1.54, 1.807) is 6.92 Å². The van der Waals surface area contributed by atoms with Crippen molar-refractivity contribution in [3.05, 3.63) is 65.7 Å². The fraction of sp³-hybridized carbons (Fsp3) is 0.500. The Morgan fingerprint density at radius 3 is 2.33 bits per heavy atom. The summed E-state index contributed by atoms with van der Waals surface area (Å²) in [6.45, 7) is 9.74. The predicted octanol–water partition coefficient (Wildman–Crippen LogP) is 4.21. The fourth-order valence-electron chi connectivity index (χ4n) is 4.12. The summed E-state index contributed by atoms with van der Waals surface area (Å²) in [7, 11) is 0. The quantitative estimate of drug-likeness (QED) is 0.241. The summed E-state index contributed by atoms with van der Waals surface area (Å²) in [5.41, 5.74) is 1.06. The van der Waals surface area contributed by atoms with Crippen LogP contribution in [0.5, 0.6) is 5.75 Å². The lowest BCUT2D eigenvalue weighted by Crippen LogP contribution is -2.48. The van der Waals surface area contributed by atoms with E-state index < -0.39 is 5.60 Å². The Morgan fingerprint density at radius 2 is 1.73 bits per heavy atom. The average molecular weight is 568 g/mol. The smallest absolute Gasteiger partial charge is 0.191 e. The Morgan fingerprint density at radius 1 is 1.06 bits per heavy atom. The van der Waals surface area contributed by atoms with Gasteiger partial charge in [0.25, 0.3) is 0 Å². The van der Waals surface area contributed by atoms with Crippen molar-refractivity contribution < 1.29 is 14.6 Å². The number of nitrogens with zero attached hydrogens (tertiary/aromatic N) is 1. The molecule has 3 N–H and O–H groups in total. The molecule has 0 amide bonds. The molecular weight excluding hydrogens is 529 g/mol. The molecule has 0 aromatic heterocycles. The molecule has 0 bridgehead atoms. The Balaban J connectivity index is 0.00000385. The minimum absolute atomic E-state index is 0. The average Bonchev–Trinajstić information content (AvgIpc) is 2.83. The highest BCUT2D eigenvalue weighted by Gasteiger charge is 2.35. The van der Waals surface area contributed by atoms with E-state index in [1.165, 1.54) is 5.56 Å². The maximum absolute atomic E-state index is 10.9. The summed E-state index contributed by atoms with van der Waals surface area (Å²) < 4.78 is 11.3. The monoisotopic (exact) mass is 567 g/mol. The number of guanidine groups is 1. The zero-order valence-electron chi connectivity index (χ0n) is 20.0. The van der Waals surface area contributed by atoms with Gasteiger partial charge in [0.2, 0.25) is 0 Å². The largest absolute Gasteiger partial charge is 0.494 e. The molecule has 3 rings (SSSR count). The van der Waals surface area contributed by atoms with Crippen LogP contribution in [-0.2, 0) is 15.8 Å². The Kier molecular flexibility index (Phi) is 10.9. The summed E-state index contributed by atoms with van der Waals surface area (Å²) >= 11 is 0. The SMILES string of the molecule is CCNC(=NCC(C)(O)c1ccccc1)NCC1(c2ccc(OCC)cc2)CCOCC1.I. The zero-order valence-corrected chi connectivity index (χ0v) is 22.3. The van der Waals surface area contributed by atoms with Crippen LogP contribution in [0.4, 0.5) is 0 Å². The number of nitrogens with one attached hydrogen (secondary N) is 2. The van der Waals surface area contributed by atoms with Gasteiger partial charge in [0.1, 0.15) is 11.4 Å². The lowest BCUT2D eigenvalue weighted by Gasteiger charge is -2.38. The predicted molar refractivity (Wildman–Crippen MR) is 145 cm³/mol. The third kappa shape index (κ3) is 7.58. The first kappa shape index (κ1) is 27.4. The molecule has 0 aliphatic carbocycles. The standard InChI is InChI=1S/C26H37N3O3.HI/c1-4-27-24(28-19-25(3,30)21-9-7-6-8-10-21)29-20-26(15-17-31-18-16-26)22-11-13-23(14-12-22)32-5-2;/h6-14,30H,4-5,15-20H2,1-3H3,(H2,27,28,29);1H. The van der Waals surface area contributed by atoms with E-state index in [1.807, 2.05) is 56.3 Å². The van der Waals surface area contributed by atoms with Crippen LogP contribution in [0.2, 0.25) is 0 Å². The van der Waals surface area contributed by atoms with Crippen LogP contribution in [0, 0.1) is 0 Å². The van der Waals surface area contributed by atoms with E-state index in [4.69, 9.17) is 14.5 Å². The van der Waals surface area contributed by atoms with E-state index >= 15 is 0 Å². The number of hydrogen-bond donors (Lipinski definition) is 3. The number of halogens is 1. The topological polar surface area (TPSA) is 75.1 Å². The summed E-state index contributed by atoms with van der Waals surface area (Å²) in [4.78, 5) is 4.70. The van der Waals surface area contributed by atoms with Crippen LogP contribution in [0.15, 0.2) is 59.6 Å². The molecule has 0 spiro atoms. The van der Waals surface area contributed by atoms with Crippen LogP contribution in [0.1, 0.15) is 44.7 Å². The van der Waals surface area contributed by atoms with Gasteiger partial charge in [-0.1, -0.05) is 42.5 Å². The Hall–Kier alpha value is -1.84. The van der Waals surface area contributed by atoms with Crippen LogP contribution >= 0.6 is 24.0 Å². The molecule has 182 valence electrons. The van der Waals surface area contributed by atoms with Gasteiger partial charge in [-0.2, -0.15) is 0 Å². The van der Waals surface area contributed by atoms with Gasteiger partial charge in [-0.3, -0.25) is 0 Å². The first-order valence-corrected chi connectivity index (χ1v) is 11.6. The van der Waals surface area contributed by atoms with Gasteiger partial charge in [-0.25, -0.2) is 4.99 Å². The Labute approximate surface area is 215 Å². The highest BCUT2D eigenvalue weighted by molar-refractivity contribution is 14.0. The zero-order chi connectivity index (χ0) is 22.9. The highest BCUT2D eigenvalue weighted by atomic mass is 127. The van der Waals surface area contributed by atoms with Crippen LogP contribution in [0.25, 0.3) is 0 Å². The molecule has 0 saturated carbocycles. The van der Waals surface area contributed by atoms with Crippen LogP contribution < -0.4 is 15.4 Å². The summed E-state index contributed by atoms with van der Waals surface area (Å²) in [5.74, 6) is 1.60. The minimum Gasteiger partial charge on any atom is -0.494 e. The molecule has 2 aromatic carbocycles. The third-order valence-corrected chi connectivity index (χ3v) is 6.11. The molecule has 0 radical (unpaired) electrons. The van der Waals surface area contributed by atoms with Crippen molar-refractivity contribution >= 4 is 29.9 Å². The van der Waals surface area contributed by atoms with Crippen molar-refractivity contribution in [1.29, 1.82) is 0 Å². The molecule has 6 nitrogen and oxygen atoms in total. The highest BCUT2D eigenvalue weighted by Crippen LogP contribution is 2.35. The fourth-order valence-corrected chi connectivity index (χ4v) is 4.12. The van der Waals surface area contributed by atoms with E-state index in [0.717, 1.165) is 50.5 Å². The number of aliphatic hydroxyl groups is 1. The van der Waals surface area contributed by atoms with Gasteiger partial charge in [0.05, 0.1) is 13.2 Å². The molecular formula is C26H38IN3O3. The van der Waals surface area contributed by atoms with E-state index in [0.29, 0.717) is 12.6 Å². The third-order valence-electron chi connectivity index (χ3n) is 6.11. The molecule has 1 unspecified atom stereocenters. The lowest BCUT2D eigenvalue weighted by atomic mass is 9.74. The second-order valence-electron chi connectivity index (χ2n) is 8.54. The molecule has 1 heterocycles. The number of rotatable bonds is 9. The molecule has 7 heteroatoms. The second-order valence-corrected chi connectivity index (χ2v) is 8.54.